The largest absolute Gasteiger partial charge is 0.399 e. The lowest BCUT2D eigenvalue weighted by Crippen LogP contribution is -2.36. The molecule has 0 saturated heterocycles. The van der Waals surface area contributed by atoms with E-state index in [1.165, 1.54) is 0 Å². The molecule has 0 aliphatic carbocycles. The quantitative estimate of drug-likeness (QED) is 0.808. The van der Waals surface area contributed by atoms with Crippen LogP contribution in [0.3, 0.4) is 0 Å². The van der Waals surface area contributed by atoms with Crippen molar-refractivity contribution < 1.29 is 4.79 Å². The molecule has 0 bridgehead atoms. The number of pyridine rings is 1. The zero-order valence-corrected chi connectivity index (χ0v) is 11.6. The summed E-state index contributed by atoms with van der Waals surface area (Å²) < 4.78 is 0. The van der Waals surface area contributed by atoms with Crippen LogP contribution in [0.2, 0.25) is 0 Å². The molecule has 0 radical (unpaired) electrons. The molecule has 0 fully saturated rings. The Bertz CT molecular complexity index is 681. The van der Waals surface area contributed by atoms with E-state index in [-0.39, 0.29) is 11.9 Å². The molecule has 2 heterocycles. The fraction of sp³-hybridized carbons (Fsp3) is 0.250. The fourth-order valence-corrected chi connectivity index (χ4v) is 2.75. The molecule has 1 aliphatic heterocycles. The number of amides is 1. The molecule has 20 heavy (non-hydrogen) atoms. The average Bonchev–Trinajstić information content (AvgIpc) is 2.73. The summed E-state index contributed by atoms with van der Waals surface area (Å²) in [7, 11) is 0. The molecule has 3 rings (SSSR count). The standard InChI is InChI=1S/C16H17N3O/c1-10-4-3-5-14(18-10)16(20)19-11(2)8-12-9-13(17)6-7-15(12)19/h3-7,9,11H,8,17H2,1-2H3. The number of aromatic nitrogens is 1. The summed E-state index contributed by atoms with van der Waals surface area (Å²) in [4.78, 5) is 18.8. The Labute approximate surface area is 118 Å². The number of carbonyl (C=O) groups excluding carboxylic acids is 1. The van der Waals surface area contributed by atoms with E-state index < -0.39 is 0 Å². The van der Waals surface area contributed by atoms with Crippen molar-refractivity contribution in [1.82, 2.24) is 4.98 Å². The van der Waals surface area contributed by atoms with Gasteiger partial charge in [-0.15, -0.1) is 0 Å². The lowest BCUT2D eigenvalue weighted by atomic mass is 10.1. The average molecular weight is 267 g/mol. The number of nitrogen functional groups attached to an aromatic ring is 1. The number of carbonyl (C=O) groups is 1. The molecule has 102 valence electrons. The van der Waals surface area contributed by atoms with Gasteiger partial charge in [-0.1, -0.05) is 6.07 Å². The maximum Gasteiger partial charge on any atom is 0.277 e. The monoisotopic (exact) mass is 267 g/mol. The molecule has 1 atom stereocenters. The van der Waals surface area contributed by atoms with Crippen LogP contribution >= 0.6 is 0 Å². The van der Waals surface area contributed by atoms with Crippen molar-refractivity contribution >= 4 is 17.3 Å². The van der Waals surface area contributed by atoms with Crippen LogP contribution < -0.4 is 10.6 Å². The third-order valence-electron chi connectivity index (χ3n) is 3.65. The van der Waals surface area contributed by atoms with Gasteiger partial charge in [-0.05, 0) is 56.2 Å². The molecule has 4 nitrogen and oxygen atoms in total. The summed E-state index contributed by atoms with van der Waals surface area (Å²) in [5.41, 5.74) is 9.95. The third-order valence-corrected chi connectivity index (χ3v) is 3.65. The highest BCUT2D eigenvalue weighted by molar-refractivity contribution is 6.06. The summed E-state index contributed by atoms with van der Waals surface area (Å²) >= 11 is 0. The van der Waals surface area contributed by atoms with Crippen LogP contribution in [0.15, 0.2) is 36.4 Å². The molecule has 1 unspecified atom stereocenters. The molecule has 0 spiro atoms. The Balaban J connectivity index is 2.01. The number of anilines is 2. The second-order valence-electron chi connectivity index (χ2n) is 5.28. The Morgan fingerprint density at radius 1 is 1.35 bits per heavy atom. The maximum absolute atomic E-state index is 12.7. The van der Waals surface area contributed by atoms with E-state index in [1.54, 1.807) is 6.07 Å². The molecular formula is C16H17N3O. The van der Waals surface area contributed by atoms with Crippen molar-refractivity contribution in [1.29, 1.82) is 0 Å². The number of benzene rings is 1. The molecule has 2 N–H and O–H groups in total. The number of fused-ring (bicyclic) bond motifs is 1. The summed E-state index contributed by atoms with van der Waals surface area (Å²) in [6.07, 6.45) is 0.831. The molecule has 1 amide bonds. The Morgan fingerprint density at radius 2 is 2.15 bits per heavy atom. The number of aryl methyl sites for hydroxylation is 1. The summed E-state index contributed by atoms with van der Waals surface area (Å²) in [5, 5.41) is 0. The molecule has 2 aromatic rings. The van der Waals surface area contributed by atoms with Crippen LogP contribution in [0, 0.1) is 6.92 Å². The first-order chi connectivity index (χ1) is 9.56. The van der Waals surface area contributed by atoms with E-state index in [1.807, 2.05) is 49.1 Å². The predicted molar refractivity (Wildman–Crippen MR) is 79.8 cm³/mol. The van der Waals surface area contributed by atoms with Gasteiger partial charge in [-0.3, -0.25) is 4.79 Å². The topological polar surface area (TPSA) is 59.2 Å². The number of hydrogen-bond donors (Lipinski definition) is 1. The first-order valence-corrected chi connectivity index (χ1v) is 6.72. The van der Waals surface area contributed by atoms with Crippen LogP contribution in [-0.2, 0) is 6.42 Å². The molecule has 1 aromatic heterocycles. The van der Waals surface area contributed by atoms with Crippen LogP contribution in [0.25, 0.3) is 0 Å². The minimum atomic E-state index is -0.0512. The van der Waals surface area contributed by atoms with Crippen molar-refractivity contribution in [2.45, 2.75) is 26.3 Å². The van der Waals surface area contributed by atoms with Gasteiger partial charge in [0.1, 0.15) is 5.69 Å². The van der Waals surface area contributed by atoms with Crippen molar-refractivity contribution in [3.8, 4) is 0 Å². The highest BCUT2D eigenvalue weighted by Gasteiger charge is 2.32. The van der Waals surface area contributed by atoms with E-state index in [0.717, 1.165) is 29.1 Å². The Kier molecular flexibility index (Phi) is 2.93. The Hall–Kier alpha value is -2.36. The van der Waals surface area contributed by atoms with Crippen molar-refractivity contribution in [2.24, 2.45) is 0 Å². The summed E-state index contributed by atoms with van der Waals surface area (Å²) in [6, 6.07) is 11.3. The first-order valence-electron chi connectivity index (χ1n) is 6.72. The molecular weight excluding hydrogens is 250 g/mol. The van der Waals surface area contributed by atoms with Gasteiger partial charge in [0, 0.05) is 23.1 Å². The van der Waals surface area contributed by atoms with E-state index in [9.17, 15) is 4.79 Å². The van der Waals surface area contributed by atoms with Gasteiger partial charge in [0.05, 0.1) is 0 Å². The summed E-state index contributed by atoms with van der Waals surface area (Å²) in [6.45, 7) is 3.93. The first kappa shape index (κ1) is 12.7. The second-order valence-corrected chi connectivity index (χ2v) is 5.28. The zero-order chi connectivity index (χ0) is 14.3. The molecule has 4 heteroatoms. The summed E-state index contributed by atoms with van der Waals surface area (Å²) in [5.74, 6) is -0.0512. The van der Waals surface area contributed by atoms with Crippen LogP contribution in [0.5, 0.6) is 0 Å². The highest BCUT2D eigenvalue weighted by atomic mass is 16.2. The van der Waals surface area contributed by atoms with Crippen LogP contribution in [-0.4, -0.2) is 16.9 Å². The van der Waals surface area contributed by atoms with Gasteiger partial charge >= 0.3 is 0 Å². The lowest BCUT2D eigenvalue weighted by Gasteiger charge is -2.22. The number of rotatable bonds is 1. The van der Waals surface area contributed by atoms with E-state index in [2.05, 4.69) is 4.98 Å². The molecule has 1 aromatic carbocycles. The smallest absolute Gasteiger partial charge is 0.277 e. The SMILES string of the molecule is Cc1cccc(C(=O)N2c3ccc(N)cc3CC2C)n1. The van der Waals surface area contributed by atoms with Crippen LogP contribution in [0.4, 0.5) is 11.4 Å². The van der Waals surface area contributed by atoms with Gasteiger partial charge in [0.15, 0.2) is 0 Å². The minimum Gasteiger partial charge on any atom is -0.399 e. The fourth-order valence-electron chi connectivity index (χ4n) is 2.75. The second kappa shape index (κ2) is 4.63. The van der Waals surface area contributed by atoms with E-state index >= 15 is 0 Å². The van der Waals surface area contributed by atoms with Crippen molar-refractivity contribution in [2.75, 3.05) is 10.6 Å². The van der Waals surface area contributed by atoms with Crippen molar-refractivity contribution in [3.63, 3.8) is 0 Å². The number of nitrogens with zero attached hydrogens (tertiary/aromatic N) is 2. The third kappa shape index (κ3) is 2.03. The van der Waals surface area contributed by atoms with E-state index in [0.29, 0.717) is 5.69 Å². The van der Waals surface area contributed by atoms with E-state index in [4.69, 9.17) is 5.73 Å². The van der Waals surface area contributed by atoms with Crippen LogP contribution in [0.1, 0.15) is 28.7 Å². The number of hydrogen-bond acceptors (Lipinski definition) is 3. The normalized spacial score (nSPS) is 17.1. The highest BCUT2D eigenvalue weighted by Crippen LogP contribution is 2.34. The van der Waals surface area contributed by atoms with Gasteiger partial charge in [0.25, 0.3) is 5.91 Å². The minimum absolute atomic E-state index is 0.0512. The predicted octanol–water partition coefficient (Wildman–Crippen LogP) is 2.56. The zero-order valence-electron chi connectivity index (χ0n) is 11.6. The maximum atomic E-state index is 12.7. The van der Waals surface area contributed by atoms with Crippen molar-refractivity contribution in [3.05, 3.63) is 53.3 Å². The number of nitrogens with two attached hydrogens (primary N) is 1. The molecule has 0 saturated carbocycles. The van der Waals surface area contributed by atoms with Gasteiger partial charge in [-0.2, -0.15) is 0 Å². The van der Waals surface area contributed by atoms with Gasteiger partial charge in [0.2, 0.25) is 0 Å². The Morgan fingerprint density at radius 3 is 2.90 bits per heavy atom. The molecule has 1 aliphatic rings. The van der Waals surface area contributed by atoms with Gasteiger partial charge in [-0.25, -0.2) is 4.98 Å². The van der Waals surface area contributed by atoms with Gasteiger partial charge < -0.3 is 10.6 Å². The lowest BCUT2D eigenvalue weighted by molar-refractivity contribution is 0.0976.